The van der Waals surface area contributed by atoms with E-state index in [-0.39, 0.29) is 17.6 Å². The predicted octanol–water partition coefficient (Wildman–Crippen LogP) is 3.73. The van der Waals surface area contributed by atoms with Crippen LogP contribution in [0.2, 0.25) is 0 Å². The minimum atomic E-state index is -0.444. The first-order valence-corrected chi connectivity index (χ1v) is 8.40. The topological polar surface area (TPSA) is 98.3 Å². The Balaban J connectivity index is 1.82. The van der Waals surface area contributed by atoms with Gasteiger partial charge in [-0.1, -0.05) is 18.2 Å². The Morgan fingerprint density at radius 1 is 1.36 bits per heavy atom. The van der Waals surface area contributed by atoms with Gasteiger partial charge in [-0.3, -0.25) is 14.9 Å². The van der Waals surface area contributed by atoms with Crippen molar-refractivity contribution in [2.24, 2.45) is 0 Å². The fourth-order valence-corrected chi connectivity index (χ4v) is 3.08. The summed E-state index contributed by atoms with van der Waals surface area (Å²) < 4.78 is 5.52. The highest BCUT2D eigenvalue weighted by molar-refractivity contribution is 7.13. The van der Waals surface area contributed by atoms with E-state index in [0.717, 1.165) is 10.4 Å². The molecule has 7 nitrogen and oxygen atoms in total. The van der Waals surface area contributed by atoms with Gasteiger partial charge in [-0.25, -0.2) is 4.98 Å². The molecule has 0 aliphatic carbocycles. The lowest BCUT2D eigenvalue weighted by molar-refractivity contribution is -0.384. The molecule has 3 aromatic rings. The van der Waals surface area contributed by atoms with E-state index in [9.17, 15) is 14.9 Å². The van der Waals surface area contributed by atoms with Gasteiger partial charge >= 0.3 is 0 Å². The summed E-state index contributed by atoms with van der Waals surface area (Å²) in [6, 6.07) is 9.67. The highest BCUT2D eigenvalue weighted by Gasteiger charge is 2.19. The number of nitrogens with one attached hydrogen (secondary N) is 1. The van der Waals surface area contributed by atoms with E-state index in [1.807, 2.05) is 17.5 Å². The van der Waals surface area contributed by atoms with Crippen molar-refractivity contribution in [3.05, 3.63) is 69.4 Å². The lowest BCUT2D eigenvalue weighted by Crippen LogP contribution is -2.28. The van der Waals surface area contributed by atoms with Crippen LogP contribution in [-0.4, -0.2) is 15.8 Å². The van der Waals surface area contributed by atoms with Crippen LogP contribution in [0.15, 0.2) is 52.5 Å². The van der Waals surface area contributed by atoms with Gasteiger partial charge in [0.1, 0.15) is 12.0 Å². The number of thiophene rings is 1. The number of rotatable bonds is 6. The normalized spacial score (nSPS) is 11.9. The number of nitro benzene ring substituents is 1. The molecule has 0 aliphatic rings. The van der Waals surface area contributed by atoms with Gasteiger partial charge in [0.05, 0.1) is 15.8 Å². The molecule has 0 unspecified atom stereocenters. The SMILES string of the molecule is CC(=O)N[C@@H](Cc1ccc([N+](=O)[O-])cc1)c1coc(-c2cccs2)n1. The standard InChI is InChI=1S/C17H15N3O4S/c1-11(21)18-14(9-12-4-6-13(7-5-12)20(22)23)15-10-24-17(19-15)16-3-2-8-25-16/h2-8,10,14H,9H2,1H3,(H,18,21)/t14-/m0/s1. The molecular formula is C17H15N3O4S. The molecule has 8 heteroatoms. The van der Waals surface area contributed by atoms with Crippen molar-refractivity contribution in [3.63, 3.8) is 0 Å². The third-order valence-electron chi connectivity index (χ3n) is 3.58. The second-order valence-corrected chi connectivity index (χ2v) is 6.38. The molecule has 0 spiro atoms. The van der Waals surface area contributed by atoms with Gasteiger partial charge in [-0.15, -0.1) is 11.3 Å². The fourth-order valence-electron chi connectivity index (χ4n) is 2.42. The van der Waals surface area contributed by atoms with E-state index in [2.05, 4.69) is 10.3 Å². The molecule has 1 amide bonds. The third-order valence-corrected chi connectivity index (χ3v) is 4.43. The molecule has 2 heterocycles. The Morgan fingerprint density at radius 3 is 2.72 bits per heavy atom. The van der Waals surface area contributed by atoms with Crippen LogP contribution in [0.1, 0.15) is 24.2 Å². The molecule has 3 rings (SSSR count). The van der Waals surface area contributed by atoms with Crippen LogP contribution < -0.4 is 5.32 Å². The smallest absolute Gasteiger partial charge is 0.269 e. The lowest BCUT2D eigenvalue weighted by atomic mass is 10.0. The molecule has 0 saturated carbocycles. The number of benzene rings is 1. The van der Waals surface area contributed by atoms with Gasteiger partial charge in [0.25, 0.3) is 5.69 Å². The first kappa shape index (κ1) is 16.8. The fraction of sp³-hybridized carbons (Fsp3) is 0.176. The Morgan fingerprint density at radius 2 is 2.12 bits per heavy atom. The summed E-state index contributed by atoms with van der Waals surface area (Å²) in [5.74, 6) is 0.316. The maximum Gasteiger partial charge on any atom is 0.269 e. The van der Waals surface area contributed by atoms with Gasteiger partial charge < -0.3 is 9.73 Å². The number of carbonyl (C=O) groups excluding carboxylic acids is 1. The van der Waals surface area contributed by atoms with Crippen molar-refractivity contribution in [3.8, 4) is 10.8 Å². The van der Waals surface area contributed by atoms with Gasteiger partial charge in [0.15, 0.2) is 0 Å². The third kappa shape index (κ3) is 4.10. The minimum Gasteiger partial charge on any atom is -0.443 e. The van der Waals surface area contributed by atoms with E-state index >= 15 is 0 Å². The minimum absolute atomic E-state index is 0.0289. The van der Waals surface area contributed by atoms with Crippen molar-refractivity contribution < 1.29 is 14.1 Å². The molecule has 2 aromatic heterocycles. The average molecular weight is 357 g/mol. The van der Waals surface area contributed by atoms with Crippen LogP contribution in [0.3, 0.4) is 0 Å². The van der Waals surface area contributed by atoms with Crippen molar-refractivity contribution in [2.75, 3.05) is 0 Å². The Kier molecular flexibility index (Phi) is 4.90. The van der Waals surface area contributed by atoms with E-state index in [1.54, 1.807) is 12.1 Å². The number of hydrogen-bond donors (Lipinski definition) is 1. The van der Waals surface area contributed by atoms with Crippen LogP contribution >= 0.6 is 11.3 Å². The van der Waals surface area contributed by atoms with Crippen molar-refractivity contribution in [2.45, 2.75) is 19.4 Å². The molecule has 0 radical (unpaired) electrons. The second-order valence-electron chi connectivity index (χ2n) is 5.44. The maximum absolute atomic E-state index is 11.5. The molecule has 1 atom stereocenters. The average Bonchev–Trinajstić information content (AvgIpc) is 3.25. The molecule has 1 N–H and O–H groups in total. The summed E-state index contributed by atoms with van der Waals surface area (Å²) in [4.78, 5) is 27.2. The number of nitrogens with zero attached hydrogens (tertiary/aromatic N) is 2. The quantitative estimate of drug-likeness (QED) is 0.535. The molecule has 0 aliphatic heterocycles. The lowest BCUT2D eigenvalue weighted by Gasteiger charge is -2.15. The summed E-state index contributed by atoms with van der Waals surface area (Å²) in [6.07, 6.45) is 1.98. The Labute approximate surface area is 147 Å². The van der Waals surface area contributed by atoms with E-state index < -0.39 is 4.92 Å². The number of carbonyl (C=O) groups is 1. The monoisotopic (exact) mass is 357 g/mol. The van der Waals surface area contributed by atoms with Gasteiger partial charge in [0, 0.05) is 19.1 Å². The molecule has 1 aromatic carbocycles. The molecular weight excluding hydrogens is 342 g/mol. The van der Waals surface area contributed by atoms with Crippen molar-refractivity contribution >= 4 is 22.9 Å². The Bertz CT molecular complexity index is 872. The second kappa shape index (κ2) is 7.27. The van der Waals surface area contributed by atoms with Crippen LogP contribution in [0.4, 0.5) is 5.69 Å². The highest BCUT2D eigenvalue weighted by atomic mass is 32.1. The van der Waals surface area contributed by atoms with Crippen LogP contribution in [-0.2, 0) is 11.2 Å². The van der Waals surface area contributed by atoms with E-state index in [4.69, 9.17) is 4.42 Å². The number of nitro groups is 1. The molecule has 0 saturated heterocycles. The molecule has 25 heavy (non-hydrogen) atoms. The van der Waals surface area contributed by atoms with E-state index in [1.165, 1.54) is 36.7 Å². The summed E-state index contributed by atoms with van der Waals surface area (Å²) in [5.41, 5.74) is 1.49. The summed E-state index contributed by atoms with van der Waals surface area (Å²) in [5, 5.41) is 15.5. The predicted molar refractivity (Wildman–Crippen MR) is 93.2 cm³/mol. The van der Waals surface area contributed by atoms with Gasteiger partial charge in [-0.05, 0) is 23.4 Å². The Hall–Kier alpha value is -3.00. The number of hydrogen-bond acceptors (Lipinski definition) is 6. The first-order valence-electron chi connectivity index (χ1n) is 7.52. The van der Waals surface area contributed by atoms with Crippen molar-refractivity contribution in [1.82, 2.24) is 10.3 Å². The number of amides is 1. The van der Waals surface area contributed by atoms with E-state index in [0.29, 0.717) is 18.0 Å². The summed E-state index contributed by atoms with van der Waals surface area (Å²) in [6.45, 7) is 1.43. The zero-order valence-corrected chi connectivity index (χ0v) is 14.2. The maximum atomic E-state index is 11.5. The zero-order chi connectivity index (χ0) is 17.8. The van der Waals surface area contributed by atoms with Crippen LogP contribution in [0, 0.1) is 10.1 Å². The van der Waals surface area contributed by atoms with Crippen molar-refractivity contribution in [1.29, 1.82) is 0 Å². The summed E-state index contributed by atoms with van der Waals surface area (Å²) >= 11 is 1.52. The van der Waals surface area contributed by atoms with Gasteiger partial charge in [-0.2, -0.15) is 0 Å². The number of aromatic nitrogens is 1. The summed E-state index contributed by atoms with van der Waals surface area (Å²) in [7, 11) is 0. The molecule has 0 fully saturated rings. The van der Waals surface area contributed by atoms with Crippen LogP contribution in [0.25, 0.3) is 10.8 Å². The number of oxazole rings is 1. The highest BCUT2D eigenvalue weighted by Crippen LogP contribution is 2.27. The molecule has 0 bridgehead atoms. The molecule has 128 valence electrons. The van der Waals surface area contributed by atoms with Gasteiger partial charge in [0.2, 0.25) is 11.8 Å². The zero-order valence-electron chi connectivity index (χ0n) is 13.3. The largest absolute Gasteiger partial charge is 0.443 e. The number of non-ortho nitro benzene ring substituents is 1. The van der Waals surface area contributed by atoms with Crippen LogP contribution in [0.5, 0.6) is 0 Å². The first-order chi connectivity index (χ1) is 12.0.